The molecule has 0 saturated heterocycles. The van der Waals surface area contributed by atoms with Crippen LogP contribution in [0.3, 0.4) is 0 Å². The summed E-state index contributed by atoms with van der Waals surface area (Å²) in [4.78, 5) is 12.9. The molecule has 1 amide bonds. The van der Waals surface area contributed by atoms with E-state index < -0.39 is 0 Å². The van der Waals surface area contributed by atoms with Gasteiger partial charge in [-0.05, 0) is 47.4 Å². The fraction of sp³-hybridized carbons (Fsp3) is 0.115. The summed E-state index contributed by atoms with van der Waals surface area (Å²) in [6, 6.07) is 30.6. The third kappa shape index (κ3) is 4.30. The lowest BCUT2D eigenvalue weighted by atomic mass is 9.93. The van der Waals surface area contributed by atoms with Crippen LogP contribution in [0.25, 0.3) is 10.8 Å². The summed E-state index contributed by atoms with van der Waals surface area (Å²) >= 11 is 0. The zero-order valence-electron chi connectivity index (χ0n) is 16.1. The van der Waals surface area contributed by atoms with E-state index in [9.17, 15) is 9.90 Å². The van der Waals surface area contributed by atoms with Gasteiger partial charge < -0.3 is 10.4 Å². The molecule has 0 aliphatic carbocycles. The Morgan fingerprint density at radius 1 is 0.793 bits per heavy atom. The molecule has 0 fully saturated rings. The van der Waals surface area contributed by atoms with Gasteiger partial charge in [0.05, 0.1) is 6.04 Å². The van der Waals surface area contributed by atoms with Crippen LogP contribution in [0, 0.1) is 0 Å². The van der Waals surface area contributed by atoms with Gasteiger partial charge in [0.2, 0.25) is 0 Å². The molecule has 1 atom stereocenters. The van der Waals surface area contributed by atoms with Crippen molar-refractivity contribution in [2.24, 2.45) is 0 Å². The van der Waals surface area contributed by atoms with Crippen LogP contribution in [0.4, 0.5) is 0 Å². The van der Waals surface area contributed by atoms with Gasteiger partial charge in [-0.15, -0.1) is 0 Å². The summed E-state index contributed by atoms with van der Waals surface area (Å²) in [6.45, 7) is 0. The molecular formula is C26H23NO2. The topological polar surface area (TPSA) is 49.3 Å². The lowest BCUT2D eigenvalue weighted by Gasteiger charge is -2.22. The fourth-order valence-corrected chi connectivity index (χ4v) is 3.73. The molecule has 4 rings (SSSR count). The Morgan fingerprint density at radius 2 is 1.45 bits per heavy atom. The van der Waals surface area contributed by atoms with Crippen molar-refractivity contribution in [3.63, 3.8) is 0 Å². The molecule has 29 heavy (non-hydrogen) atoms. The molecule has 1 unspecified atom stereocenters. The highest BCUT2D eigenvalue weighted by molar-refractivity contribution is 5.95. The molecule has 0 aromatic heterocycles. The standard InChI is InChI=1S/C26H23NO2/c28-24-18-16-20-11-7-8-14-22(20)25(24)23(17-15-19-9-3-1-4-10-19)27-26(29)21-12-5-2-6-13-21/h1-14,16,18,23,28H,15,17H2,(H,27,29). The third-order valence-corrected chi connectivity index (χ3v) is 5.20. The first-order chi connectivity index (χ1) is 14.2. The summed E-state index contributed by atoms with van der Waals surface area (Å²) in [5, 5.41) is 15.9. The maximum atomic E-state index is 12.9. The highest BCUT2D eigenvalue weighted by Gasteiger charge is 2.21. The van der Waals surface area contributed by atoms with Crippen LogP contribution in [0.2, 0.25) is 0 Å². The second kappa shape index (κ2) is 8.61. The molecule has 144 valence electrons. The first kappa shape index (κ1) is 18.8. The molecule has 0 bridgehead atoms. The number of phenols is 1. The Bertz CT molecular complexity index is 1110. The molecule has 4 aromatic carbocycles. The maximum Gasteiger partial charge on any atom is 0.251 e. The minimum atomic E-state index is -0.311. The predicted octanol–water partition coefficient (Wildman–Crippen LogP) is 5.65. The number of nitrogens with one attached hydrogen (secondary N) is 1. The monoisotopic (exact) mass is 381 g/mol. The molecule has 2 N–H and O–H groups in total. The number of hydrogen-bond donors (Lipinski definition) is 2. The van der Waals surface area contributed by atoms with Gasteiger partial charge in [-0.1, -0.05) is 78.9 Å². The van der Waals surface area contributed by atoms with Crippen LogP contribution >= 0.6 is 0 Å². The SMILES string of the molecule is O=C(NC(CCc1ccccc1)c1c(O)ccc2ccccc12)c1ccccc1. The number of rotatable bonds is 6. The van der Waals surface area contributed by atoms with Crippen LogP contribution in [-0.4, -0.2) is 11.0 Å². The highest BCUT2D eigenvalue weighted by atomic mass is 16.3. The number of benzene rings is 4. The molecule has 3 nitrogen and oxygen atoms in total. The third-order valence-electron chi connectivity index (χ3n) is 5.20. The van der Waals surface area contributed by atoms with E-state index in [0.29, 0.717) is 12.0 Å². The predicted molar refractivity (Wildman–Crippen MR) is 117 cm³/mol. The number of fused-ring (bicyclic) bond motifs is 1. The van der Waals surface area contributed by atoms with Gasteiger partial charge >= 0.3 is 0 Å². The van der Waals surface area contributed by atoms with Gasteiger partial charge in [-0.25, -0.2) is 0 Å². The van der Waals surface area contributed by atoms with Crippen molar-refractivity contribution in [2.75, 3.05) is 0 Å². The van der Waals surface area contributed by atoms with Gasteiger partial charge in [0, 0.05) is 11.1 Å². The Balaban J connectivity index is 1.70. The summed E-state index contributed by atoms with van der Waals surface area (Å²) in [7, 11) is 0. The van der Waals surface area contributed by atoms with Crippen LogP contribution in [0.1, 0.15) is 33.9 Å². The van der Waals surface area contributed by atoms with E-state index in [2.05, 4.69) is 17.4 Å². The van der Waals surface area contributed by atoms with Gasteiger partial charge in [0.15, 0.2) is 0 Å². The van der Waals surface area contributed by atoms with Crippen LogP contribution < -0.4 is 5.32 Å². The zero-order chi connectivity index (χ0) is 20.1. The molecule has 0 heterocycles. The van der Waals surface area contributed by atoms with Crippen LogP contribution in [0.15, 0.2) is 97.1 Å². The lowest BCUT2D eigenvalue weighted by molar-refractivity contribution is 0.0934. The smallest absolute Gasteiger partial charge is 0.251 e. The molecule has 0 radical (unpaired) electrons. The number of carbonyl (C=O) groups is 1. The lowest BCUT2D eigenvalue weighted by Crippen LogP contribution is -2.29. The number of amides is 1. The summed E-state index contributed by atoms with van der Waals surface area (Å²) < 4.78 is 0. The summed E-state index contributed by atoms with van der Waals surface area (Å²) in [5.74, 6) is 0.0612. The first-order valence-electron chi connectivity index (χ1n) is 9.83. The van der Waals surface area contributed by atoms with Crippen molar-refractivity contribution in [1.82, 2.24) is 5.32 Å². The minimum absolute atomic E-state index is 0.143. The largest absolute Gasteiger partial charge is 0.508 e. The first-order valence-corrected chi connectivity index (χ1v) is 9.83. The van der Waals surface area contributed by atoms with E-state index in [1.165, 1.54) is 5.56 Å². The molecule has 0 aliphatic rings. The van der Waals surface area contributed by atoms with Crippen LogP contribution in [0.5, 0.6) is 5.75 Å². The van der Waals surface area contributed by atoms with E-state index in [1.807, 2.05) is 66.7 Å². The van der Waals surface area contributed by atoms with E-state index in [1.54, 1.807) is 18.2 Å². The van der Waals surface area contributed by atoms with E-state index in [4.69, 9.17) is 0 Å². The number of aryl methyl sites for hydroxylation is 1. The Morgan fingerprint density at radius 3 is 2.21 bits per heavy atom. The second-order valence-electron chi connectivity index (χ2n) is 7.14. The molecule has 0 spiro atoms. The van der Waals surface area contributed by atoms with E-state index >= 15 is 0 Å². The molecule has 0 saturated carbocycles. The van der Waals surface area contributed by atoms with Crippen molar-refractivity contribution in [3.05, 3.63) is 114 Å². The van der Waals surface area contributed by atoms with Crippen molar-refractivity contribution < 1.29 is 9.90 Å². The average Bonchev–Trinajstić information content (AvgIpc) is 2.78. The van der Waals surface area contributed by atoms with Gasteiger partial charge in [-0.2, -0.15) is 0 Å². The number of carbonyl (C=O) groups excluding carboxylic acids is 1. The summed E-state index contributed by atoms with van der Waals surface area (Å²) in [5.41, 5.74) is 2.58. The Kier molecular flexibility index (Phi) is 5.57. The van der Waals surface area contributed by atoms with Crippen molar-refractivity contribution in [3.8, 4) is 5.75 Å². The second-order valence-corrected chi connectivity index (χ2v) is 7.14. The quantitative estimate of drug-likeness (QED) is 0.453. The Hall–Kier alpha value is -3.59. The van der Waals surface area contributed by atoms with E-state index in [-0.39, 0.29) is 17.7 Å². The number of phenolic OH excluding ortho intramolecular Hbond substituents is 1. The number of aromatic hydroxyl groups is 1. The Labute approximate surface area is 170 Å². The fourth-order valence-electron chi connectivity index (χ4n) is 3.73. The normalized spacial score (nSPS) is 11.9. The molecular weight excluding hydrogens is 358 g/mol. The van der Waals surface area contributed by atoms with Gasteiger partial charge in [-0.3, -0.25) is 4.79 Å². The van der Waals surface area contributed by atoms with E-state index in [0.717, 1.165) is 22.8 Å². The molecule has 0 aliphatic heterocycles. The maximum absolute atomic E-state index is 12.9. The minimum Gasteiger partial charge on any atom is -0.508 e. The zero-order valence-corrected chi connectivity index (χ0v) is 16.1. The molecule has 4 aromatic rings. The van der Waals surface area contributed by atoms with Gasteiger partial charge in [0.1, 0.15) is 5.75 Å². The van der Waals surface area contributed by atoms with Crippen LogP contribution in [-0.2, 0) is 6.42 Å². The number of hydrogen-bond acceptors (Lipinski definition) is 2. The van der Waals surface area contributed by atoms with Gasteiger partial charge in [0.25, 0.3) is 5.91 Å². The molecule has 3 heteroatoms. The van der Waals surface area contributed by atoms with Crippen molar-refractivity contribution in [1.29, 1.82) is 0 Å². The van der Waals surface area contributed by atoms with Crippen molar-refractivity contribution >= 4 is 16.7 Å². The average molecular weight is 381 g/mol. The summed E-state index contributed by atoms with van der Waals surface area (Å²) in [6.07, 6.45) is 1.48. The van der Waals surface area contributed by atoms with Crippen molar-refractivity contribution in [2.45, 2.75) is 18.9 Å². The highest BCUT2D eigenvalue weighted by Crippen LogP contribution is 2.34.